The number of carbonyl (C=O) groups excluding carboxylic acids is 1. The Hall–Kier alpha value is -1.35. The number of hydrogen-bond acceptors (Lipinski definition) is 2. The molecule has 3 heteroatoms. The molecule has 0 aliphatic carbocycles. The molecule has 3 nitrogen and oxygen atoms in total. The van der Waals surface area contributed by atoms with Crippen molar-refractivity contribution in [2.24, 2.45) is 0 Å². The quantitative estimate of drug-likeness (QED) is 0.814. The van der Waals surface area contributed by atoms with Crippen molar-refractivity contribution in [3.63, 3.8) is 0 Å². The molecule has 1 aromatic rings. The molecule has 0 aliphatic heterocycles. The van der Waals surface area contributed by atoms with Crippen LogP contribution in [0.25, 0.3) is 0 Å². The molecule has 1 rings (SSSR count). The van der Waals surface area contributed by atoms with Gasteiger partial charge in [0.2, 0.25) is 5.91 Å². The Kier molecular flexibility index (Phi) is 5.86. The van der Waals surface area contributed by atoms with Crippen molar-refractivity contribution in [1.29, 1.82) is 0 Å². The lowest BCUT2D eigenvalue weighted by Gasteiger charge is -2.09. The molecule has 1 amide bonds. The summed E-state index contributed by atoms with van der Waals surface area (Å²) in [5, 5.41) is 11.9. The van der Waals surface area contributed by atoms with Gasteiger partial charge in [0, 0.05) is 13.0 Å². The SMILES string of the molecule is CC(O)CCC(=O)NCc1ccc(C(C)C)cc1. The second-order valence-electron chi connectivity index (χ2n) is 5.06. The van der Waals surface area contributed by atoms with E-state index in [-0.39, 0.29) is 5.91 Å². The van der Waals surface area contributed by atoms with E-state index in [0.717, 1.165) is 5.56 Å². The molecule has 0 fully saturated rings. The predicted octanol–water partition coefficient (Wildman–Crippen LogP) is 2.59. The average Bonchev–Trinajstić information content (AvgIpc) is 2.34. The van der Waals surface area contributed by atoms with Crippen molar-refractivity contribution in [2.45, 2.75) is 52.2 Å². The van der Waals surface area contributed by atoms with E-state index in [1.807, 2.05) is 12.1 Å². The van der Waals surface area contributed by atoms with Crippen LogP contribution in [0.15, 0.2) is 24.3 Å². The lowest BCUT2D eigenvalue weighted by molar-refractivity contribution is -0.121. The molecular formula is C15H23NO2. The fourth-order valence-electron chi connectivity index (χ4n) is 1.65. The van der Waals surface area contributed by atoms with E-state index in [2.05, 4.69) is 31.3 Å². The third-order valence-corrected chi connectivity index (χ3v) is 2.93. The molecule has 0 spiro atoms. The monoisotopic (exact) mass is 249 g/mol. The van der Waals surface area contributed by atoms with Gasteiger partial charge in [-0.05, 0) is 30.4 Å². The number of aliphatic hydroxyl groups excluding tert-OH is 1. The molecule has 100 valence electrons. The van der Waals surface area contributed by atoms with Gasteiger partial charge in [-0.3, -0.25) is 4.79 Å². The van der Waals surface area contributed by atoms with Gasteiger partial charge in [-0.25, -0.2) is 0 Å². The van der Waals surface area contributed by atoms with E-state index in [0.29, 0.717) is 25.3 Å². The second-order valence-corrected chi connectivity index (χ2v) is 5.06. The maximum Gasteiger partial charge on any atom is 0.220 e. The van der Waals surface area contributed by atoms with Crippen LogP contribution in [0.5, 0.6) is 0 Å². The molecule has 0 radical (unpaired) electrons. The van der Waals surface area contributed by atoms with Crippen LogP contribution >= 0.6 is 0 Å². The van der Waals surface area contributed by atoms with Crippen LogP contribution in [0.3, 0.4) is 0 Å². The molecular weight excluding hydrogens is 226 g/mol. The number of amides is 1. The Balaban J connectivity index is 2.37. The van der Waals surface area contributed by atoms with Crippen molar-refractivity contribution in [1.82, 2.24) is 5.32 Å². The van der Waals surface area contributed by atoms with Crippen molar-refractivity contribution in [3.8, 4) is 0 Å². The Morgan fingerprint density at radius 1 is 1.22 bits per heavy atom. The Labute approximate surface area is 109 Å². The van der Waals surface area contributed by atoms with E-state index in [4.69, 9.17) is 5.11 Å². The molecule has 0 bridgehead atoms. The topological polar surface area (TPSA) is 49.3 Å². The van der Waals surface area contributed by atoms with Gasteiger partial charge in [0.05, 0.1) is 6.10 Å². The minimum atomic E-state index is -0.416. The van der Waals surface area contributed by atoms with Crippen LogP contribution in [-0.2, 0) is 11.3 Å². The maximum absolute atomic E-state index is 11.5. The van der Waals surface area contributed by atoms with Gasteiger partial charge in [0.15, 0.2) is 0 Å². The minimum absolute atomic E-state index is 0.0103. The number of benzene rings is 1. The Morgan fingerprint density at radius 2 is 1.83 bits per heavy atom. The summed E-state index contributed by atoms with van der Waals surface area (Å²) in [6.45, 7) is 6.56. The first kappa shape index (κ1) is 14.7. The van der Waals surface area contributed by atoms with Crippen LogP contribution < -0.4 is 5.32 Å². The molecule has 1 unspecified atom stereocenters. The number of hydrogen-bond donors (Lipinski definition) is 2. The highest BCUT2D eigenvalue weighted by atomic mass is 16.3. The van der Waals surface area contributed by atoms with Gasteiger partial charge in [-0.1, -0.05) is 38.1 Å². The van der Waals surface area contributed by atoms with Crippen LogP contribution in [0.4, 0.5) is 0 Å². The summed E-state index contributed by atoms with van der Waals surface area (Å²) in [6.07, 6.45) is 0.473. The largest absolute Gasteiger partial charge is 0.393 e. The van der Waals surface area contributed by atoms with Crippen molar-refractivity contribution in [2.75, 3.05) is 0 Å². The van der Waals surface area contributed by atoms with E-state index in [1.54, 1.807) is 6.92 Å². The zero-order valence-corrected chi connectivity index (χ0v) is 11.4. The first-order valence-corrected chi connectivity index (χ1v) is 6.52. The molecule has 0 saturated carbocycles. The van der Waals surface area contributed by atoms with Gasteiger partial charge in [-0.15, -0.1) is 0 Å². The molecule has 18 heavy (non-hydrogen) atoms. The zero-order chi connectivity index (χ0) is 13.5. The first-order valence-electron chi connectivity index (χ1n) is 6.52. The highest BCUT2D eigenvalue weighted by Crippen LogP contribution is 2.14. The number of carbonyl (C=O) groups is 1. The van der Waals surface area contributed by atoms with E-state index in [1.165, 1.54) is 5.56 Å². The fourth-order valence-corrected chi connectivity index (χ4v) is 1.65. The lowest BCUT2D eigenvalue weighted by atomic mass is 10.0. The number of rotatable bonds is 6. The van der Waals surface area contributed by atoms with E-state index < -0.39 is 6.10 Å². The normalized spacial score (nSPS) is 12.5. The molecule has 1 atom stereocenters. The molecule has 1 aromatic carbocycles. The highest BCUT2D eigenvalue weighted by molar-refractivity contribution is 5.75. The van der Waals surface area contributed by atoms with Gasteiger partial charge < -0.3 is 10.4 Å². The summed E-state index contributed by atoms with van der Waals surface area (Å²) in [7, 11) is 0. The van der Waals surface area contributed by atoms with Crippen LogP contribution in [0, 0.1) is 0 Å². The molecule has 2 N–H and O–H groups in total. The fraction of sp³-hybridized carbons (Fsp3) is 0.533. The highest BCUT2D eigenvalue weighted by Gasteiger charge is 2.04. The van der Waals surface area contributed by atoms with Crippen molar-refractivity contribution in [3.05, 3.63) is 35.4 Å². The third kappa shape index (κ3) is 5.32. The lowest BCUT2D eigenvalue weighted by Crippen LogP contribution is -2.23. The molecule has 0 heterocycles. The standard InChI is InChI=1S/C15H23NO2/c1-11(2)14-7-5-13(6-8-14)10-16-15(18)9-4-12(3)17/h5-8,11-12,17H,4,9-10H2,1-3H3,(H,16,18). The number of aliphatic hydroxyl groups is 1. The van der Waals surface area contributed by atoms with Crippen molar-refractivity contribution < 1.29 is 9.90 Å². The van der Waals surface area contributed by atoms with Gasteiger partial charge in [0.25, 0.3) is 0 Å². The smallest absolute Gasteiger partial charge is 0.220 e. The molecule has 0 saturated heterocycles. The number of nitrogens with one attached hydrogen (secondary N) is 1. The molecule has 0 aromatic heterocycles. The summed E-state index contributed by atoms with van der Waals surface area (Å²) in [4.78, 5) is 11.5. The Bertz CT molecular complexity index is 369. The third-order valence-electron chi connectivity index (χ3n) is 2.93. The van der Waals surface area contributed by atoms with Crippen LogP contribution in [-0.4, -0.2) is 17.1 Å². The summed E-state index contributed by atoms with van der Waals surface area (Å²) in [5.41, 5.74) is 2.41. The van der Waals surface area contributed by atoms with Gasteiger partial charge >= 0.3 is 0 Å². The van der Waals surface area contributed by atoms with Crippen LogP contribution in [0.2, 0.25) is 0 Å². The zero-order valence-electron chi connectivity index (χ0n) is 11.4. The summed E-state index contributed by atoms with van der Waals surface area (Å²) in [6, 6.07) is 8.29. The van der Waals surface area contributed by atoms with Gasteiger partial charge in [0.1, 0.15) is 0 Å². The molecule has 0 aliphatic rings. The maximum atomic E-state index is 11.5. The first-order chi connectivity index (χ1) is 8.49. The van der Waals surface area contributed by atoms with E-state index in [9.17, 15) is 4.79 Å². The summed E-state index contributed by atoms with van der Waals surface area (Å²) >= 11 is 0. The van der Waals surface area contributed by atoms with Crippen LogP contribution in [0.1, 0.15) is 50.7 Å². The Morgan fingerprint density at radius 3 is 2.33 bits per heavy atom. The van der Waals surface area contributed by atoms with Crippen molar-refractivity contribution >= 4 is 5.91 Å². The summed E-state index contributed by atoms with van der Waals surface area (Å²) in [5.74, 6) is 0.517. The summed E-state index contributed by atoms with van der Waals surface area (Å²) < 4.78 is 0. The minimum Gasteiger partial charge on any atom is -0.393 e. The average molecular weight is 249 g/mol. The second kappa shape index (κ2) is 7.17. The van der Waals surface area contributed by atoms with E-state index >= 15 is 0 Å². The van der Waals surface area contributed by atoms with Gasteiger partial charge in [-0.2, -0.15) is 0 Å². The predicted molar refractivity (Wildman–Crippen MR) is 73.3 cm³/mol.